The van der Waals surface area contributed by atoms with Crippen LogP contribution in [0, 0.1) is 15.9 Å². The lowest BCUT2D eigenvalue weighted by atomic mass is 10.2. The largest absolute Gasteiger partial charge is 0.492 e. The zero-order valence-electron chi connectivity index (χ0n) is 13.8. The SMILES string of the molecule is O=[N+]([O-])c1ccc(N2CCCC2)cc1NCCOc1ccc(F)cc1. The van der Waals surface area contributed by atoms with Gasteiger partial charge >= 0.3 is 0 Å². The number of hydrogen-bond acceptors (Lipinski definition) is 5. The normalized spacial score (nSPS) is 13.7. The number of rotatable bonds is 7. The van der Waals surface area contributed by atoms with Gasteiger partial charge in [0.1, 0.15) is 23.9 Å². The standard InChI is InChI=1S/C18H20FN3O3/c19-14-3-6-16(7-4-14)25-12-9-20-17-13-15(21-10-1-2-11-21)5-8-18(17)22(23)24/h3-8,13,20H,1-2,9-12H2. The molecule has 0 spiro atoms. The van der Waals surface area contributed by atoms with E-state index < -0.39 is 4.92 Å². The van der Waals surface area contributed by atoms with Crippen LogP contribution in [0.15, 0.2) is 42.5 Å². The summed E-state index contributed by atoms with van der Waals surface area (Å²) in [5.41, 5.74) is 1.52. The molecule has 1 saturated heterocycles. The first-order valence-corrected chi connectivity index (χ1v) is 8.29. The summed E-state index contributed by atoms with van der Waals surface area (Å²) in [7, 11) is 0. The predicted octanol–water partition coefficient (Wildman–Crippen LogP) is 3.83. The Morgan fingerprint density at radius 3 is 2.56 bits per heavy atom. The smallest absolute Gasteiger partial charge is 0.292 e. The molecular formula is C18H20FN3O3. The van der Waals surface area contributed by atoms with Crippen molar-refractivity contribution in [1.82, 2.24) is 0 Å². The number of anilines is 2. The first kappa shape index (κ1) is 17.0. The van der Waals surface area contributed by atoms with Crippen molar-refractivity contribution in [2.45, 2.75) is 12.8 Å². The van der Waals surface area contributed by atoms with Gasteiger partial charge in [-0.05, 0) is 49.2 Å². The molecule has 1 aliphatic heterocycles. The van der Waals surface area contributed by atoms with Crippen molar-refractivity contribution in [3.05, 3.63) is 58.4 Å². The van der Waals surface area contributed by atoms with Crippen molar-refractivity contribution in [1.29, 1.82) is 0 Å². The quantitative estimate of drug-likeness (QED) is 0.469. The molecule has 1 N–H and O–H groups in total. The Balaban J connectivity index is 1.62. The van der Waals surface area contributed by atoms with Crippen LogP contribution in [0.1, 0.15) is 12.8 Å². The molecule has 2 aromatic rings. The summed E-state index contributed by atoms with van der Waals surface area (Å²) in [5.74, 6) is 0.239. The van der Waals surface area contributed by atoms with Crippen molar-refractivity contribution in [2.24, 2.45) is 0 Å². The summed E-state index contributed by atoms with van der Waals surface area (Å²) in [4.78, 5) is 13.1. The van der Waals surface area contributed by atoms with E-state index in [4.69, 9.17) is 4.74 Å². The average Bonchev–Trinajstić information content (AvgIpc) is 3.14. The van der Waals surface area contributed by atoms with Crippen LogP contribution in [-0.4, -0.2) is 31.2 Å². The fraction of sp³-hybridized carbons (Fsp3) is 0.333. The van der Waals surface area contributed by atoms with Gasteiger partial charge in [-0.15, -0.1) is 0 Å². The molecule has 0 aromatic heterocycles. The van der Waals surface area contributed by atoms with Crippen LogP contribution in [0.4, 0.5) is 21.5 Å². The Labute approximate surface area is 145 Å². The van der Waals surface area contributed by atoms with Crippen LogP contribution in [-0.2, 0) is 0 Å². The Kier molecular flexibility index (Phi) is 5.33. The Morgan fingerprint density at radius 1 is 1.16 bits per heavy atom. The zero-order chi connectivity index (χ0) is 17.6. The number of nitro groups is 1. The van der Waals surface area contributed by atoms with Crippen LogP contribution in [0.2, 0.25) is 0 Å². The first-order chi connectivity index (χ1) is 12.1. The van der Waals surface area contributed by atoms with Crippen molar-refractivity contribution in [3.8, 4) is 5.75 Å². The number of ether oxygens (including phenoxy) is 1. The molecule has 7 heteroatoms. The Bertz CT molecular complexity index is 731. The van der Waals surface area contributed by atoms with Crippen LogP contribution in [0.3, 0.4) is 0 Å². The summed E-state index contributed by atoms with van der Waals surface area (Å²) in [6.07, 6.45) is 2.29. The van der Waals surface area contributed by atoms with Crippen molar-refractivity contribution in [3.63, 3.8) is 0 Å². The number of hydrogen-bond donors (Lipinski definition) is 1. The molecule has 0 atom stereocenters. The number of nitrogens with one attached hydrogen (secondary N) is 1. The highest BCUT2D eigenvalue weighted by Gasteiger charge is 2.18. The average molecular weight is 345 g/mol. The van der Waals surface area contributed by atoms with Crippen LogP contribution >= 0.6 is 0 Å². The molecule has 1 aliphatic rings. The maximum Gasteiger partial charge on any atom is 0.292 e. The molecule has 25 heavy (non-hydrogen) atoms. The molecule has 1 fully saturated rings. The minimum atomic E-state index is -0.392. The third-order valence-corrected chi connectivity index (χ3v) is 4.15. The van der Waals surface area contributed by atoms with Gasteiger partial charge in [-0.2, -0.15) is 0 Å². The lowest BCUT2D eigenvalue weighted by molar-refractivity contribution is -0.383. The molecule has 0 radical (unpaired) electrons. The van der Waals surface area contributed by atoms with Gasteiger partial charge in [0.15, 0.2) is 0 Å². The molecule has 0 saturated carbocycles. The molecule has 0 unspecified atom stereocenters. The highest BCUT2D eigenvalue weighted by atomic mass is 19.1. The third kappa shape index (κ3) is 4.37. The molecule has 3 rings (SSSR count). The van der Waals surface area contributed by atoms with E-state index in [2.05, 4.69) is 10.2 Å². The molecule has 6 nitrogen and oxygen atoms in total. The number of nitrogens with zero attached hydrogens (tertiary/aromatic N) is 2. The minimum Gasteiger partial charge on any atom is -0.492 e. The molecule has 0 amide bonds. The lowest BCUT2D eigenvalue weighted by Gasteiger charge is -2.19. The molecule has 0 aliphatic carbocycles. The predicted molar refractivity (Wildman–Crippen MR) is 94.9 cm³/mol. The minimum absolute atomic E-state index is 0.0460. The van der Waals surface area contributed by atoms with Crippen LogP contribution < -0.4 is 15.0 Å². The zero-order valence-corrected chi connectivity index (χ0v) is 13.8. The third-order valence-electron chi connectivity index (χ3n) is 4.15. The van der Waals surface area contributed by atoms with Gasteiger partial charge in [0.05, 0.1) is 4.92 Å². The van der Waals surface area contributed by atoms with Crippen LogP contribution in [0.25, 0.3) is 0 Å². The van der Waals surface area contributed by atoms with Crippen molar-refractivity contribution in [2.75, 3.05) is 36.5 Å². The summed E-state index contributed by atoms with van der Waals surface area (Å²) in [6, 6.07) is 10.9. The van der Waals surface area contributed by atoms with E-state index in [1.165, 1.54) is 18.2 Å². The summed E-state index contributed by atoms with van der Waals surface area (Å²) in [5, 5.41) is 14.3. The van der Waals surface area contributed by atoms with E-state index in [9.17, 15) is 14.5 Å². The van der Waals surface area contributed by atoms with E-state index >= 15 is 0 Å². The maximum absolute atomic E-state index is 12.8. The highest BCUT2D eigenvalue weighted by Crippen LogP contribution is 2.31. The van der Waals surface area contributed by atoms with Gasteiger partial charge in [0.2, 0.25) is 0 Å². The van der Waals surface area contributed by atoms with Gasteiger partial charge in [-0.1, -0.05) is 0 Å². The van der Waals surface area contributed by atoms with Crippen molar-refractivity contribution < 1.29 is 14.1 Å². The number of nitro benzene ring substituents is 1. The monoisotopic (exact) mass is 345 g/mol. The van der Waals surface area contributed by atoms with Gasteiger partial charge in [-0.3, -0.25) is 10.1 Å². The molecule has 132 valence electrons. The number of benzene rings is 2. The second-order valence-electron chi connectivity index (χ2n) is 5.88. The van der Waals surface area contributed by atoms with Gasteiger partial charge < -0.3 is 15.0 Å². The summed E-state index contributed by atoms with van der Waals surface area (Å²) < 4.78 is 18.4. The van der Waals surface area contributed by atoms with E-state index in [1.54, 1.807) is 18.2 Å². The molecule has 1 heterocycles. The summed E-state index contributed by atoms with van der Waals surface area (Å²) >= 11 is 0. The van der Waals surface area contributed by atoms with Gasteiger partial charge in [0.25, 0.3) is 5.69 Å². The molecule has 2 aromatic carbocycles. The second-order valence-corrected chi connectivity index (χ2v) is 5.88. The first-order valence-electron chi connectivity index (χ1n) is 8.29. The fourth-order valence-electron chi connectivity index (χ4n) is 2.88. The van der Waals surface area contributed by atoms with E-state index in [0.29, 0.717) is 24.6 Å². The molecule has 0 bridgehead atoms. The van der Waals surface area contributed by atoms with Crippen LogP contribution in [0.5, 0.6) is 5.75 Å². The van der Waals surface area contributed by atoms with Gasteiger partial charge in [-0.25, -0.2) is 4.39 Å². The summed E-state index contributed by atoms with van der Waals surface area (Å²) in [6.45, 7) is 2.67. The lowest BCUT2D eigenvalue weighted by Crippen LogP contribution is -2.18. The highest BCUT2D eigenvalue weighted by molar-refractivity contribution is 5.69. The van der Waals surface area contributed by atoms with Gasteiger partial charge in [0, 0.05) is 31.4 Å². The number of halogens is 1. The second kappa shape index (κ2) is 7.83. The Morgan fingerprint density at radius 2 is 1.88 bits per heavy atom. The van der Waals surface area contributed by atoms with Crippen molar-refractivity contribution >= 4 is 17.1 Å². The van der Waals surface area contributed by atoms with E-state index in [1.807, 2.05) is 6.07 Å². The van der Waals surface area contributed by atoms with E-state index in [0.717, 1.165) is 31.6 Å². The molecular weight excluding hydrogens is 325 g/mol. The maximum atomic E-state index is 12.8. The van der Waals surface area contributed by atoms with E-state index in [-0.39, 0.29) is 11.5 Å². The Hall–Kier alpha value is -2.83. The fourth-order valence-corrected chi connectivity index (χ4v) is 2.88. The topological polar surface area (TPSA) is 67.6 Å².